The molecular weight excluding hydrogens is 250 g/mol. The van der Waals surface area contributed by atoms with Crippen LogP contribution >= 0.6 is 11.6 Å². The Hall–Kier alpha value is -1.58. The maximum Gasteiger partial charge on any atom is 0.189 e. The Bertz CT molecular complexity index is 548. The highest BCUT2D eigenvalue weighted by Gasteiger charge is 2.07. The zero-order valence-electron chi connectivity index (χ0n) is 10.1. The molecule has 0 N–H and O–H groups in total. The summed E-state index contributed by atoms with van der Waals surface area (Å²) in [5.74, 6) is -0.0253. The van der Waals surface area contributed by atoms with Gasteiger partial charge < -0.3 is 9.30 Å². The third-order valence-corrected chi connectivity index (χ3v) is 2.97. The molecule has 1 aromatic heterocycles. The van der Waals surface area contributed by atoms with Gasteiger partial charge in [0.25, 0.3) is 0 Å². The van der Waals surface area contributed by atoms with Crippen molar-refractivity contribution >= 4 is 17.4 Å². The first kappa shape index (κ1) is 12.9. The van der Waals surface area contributed by atoms with E-state index < -0.39 is 0 Å². The van der Waals surface area contributed by atoms with Crippen LogP contribution in [0.4, 0.5) is 0 Å². The predicted octanol–water partition coefficient (Wildman–Crippen LogP) is 3.08. The molecule has 1 heterocycles. The standard InChI is InChI=1S/C14H14ClNO2/c1-16-7-6-11(8-16)14(17)10-18-9-12-4-2-3-5-13(12)15/h2-8H,9-10H2,1H3. The minimum Gasteiger partial charge on any atom is -0.369 e. The van der Waals surface area contributed by atoms with Crippen LogP contribution in [0.2, 0.25) is 5.02 Å². The SMILES string of the molecule is Cn1ccc(C(=O)COCc2ccccc2Cl)c1. The van der Waals surface area contributed by atoms with Crippen LogP contribution in [0, 0.1) is 0 Å². The lowest BCUT2D eigenvalue weighted by atomic mass is 10.2. The summed E-state index contributed by atoms with van der Waals surface area (Å²) < 4.78 is 7.22. The van der Waals surface area contributed by atoms with Crippen molar-refractivity contribution in [1.29, 1.82) is 0 Å². The van der Waals surface area contributed by atoms with E-state index in [0.717, 1.165) is 5.56 Å². The molecule has 0 saturated heterocycles. The van der Waals surface area contributed by atoms with Gasteiger partial charge in [-0.05, 0) is 17.7 Å². The molecule has 0 aliphatic carbocycles. The number of aryl methyl sites for hydroxylation is 1. The number of hydrogen-bond acceptors (Lipinski definition) is 2. The highest BCUT2D eigenvalue weighted by molar-refractivity contribution is 6.31. The van der Waals surface area contributed by atoms with E-state index in [2.05, 4.69) is 0 Å². The number of benzene rings is 1. The minimum absolute atomic E-state index is 0.0253. The van der Waals surface area contributed by atoms with Gasteiger partial charge in [-0.2, -0.15) is 0 Å². The zero-order chi connectivity index (χ0) is 13.0. The van der Waals surface area contributed by atoms with Crippen LogP contribution in [0.5, 0.6) is 0 Å². The lowest BCUT2D eigenvalue weighted by Crippen LogP contribution is -2.08. The van der Waals surface area contributed by atoms with Crippen molar-refractivity contribution in [3.8, 4) is 0 Å². The molecule has 0 unspecified atom stereocenters. The Morgan fingerprint density at radius 2 is 2.11 bits per heavy atom. The van der Waals surface area contributed by atoms with E-state index in [1.807, 2.05) is 36.0 Å². The van der Waals surface area contributed by atoms with Gasteiger partial charge in [-0.1, -0.05) is 29.8 Å². The molecule has 0 atom stereocenters. The predicted molar refractivity (Wildman–Crippen MR) is 70.9 cm³/mol. The van der Waals surface area contributed by atoms with Crippen molar-refractivity contribution in [3.63, 3.8) is 0 Å². The minimum atomic E-state index is -0.0253. The maximum absolute atomic E-state index is 11.8. The quantitative estimate of drug-likeness (QED) is 0.777. The van der Waals surface area contributed by atoms with Gasteiger partial charge in [0.05, 0.1) is 6.61 Å². The molecule has 1 aromatic carbocycles. The van der Waals surface area contributed by atoms with Crippen LogP contribution in [-0.4, -0.2) is 17.0 Å². The van der Waals surface area contributed by atoms with Crippen LogP contribution in [0.3, 0.4) is 0 Å². The van der Waals surface area contributed by atoms with Crippen LogP contribution in [0.25, 0.3) is 0 Å². The van der Waals surface area contributed by atoms with E-state index in [4.69, 9.17) is 16.3 Å². The summed E-state index contributed by atoms with van der Waals surface area (Å²) in [4.78, 5) is 11.8. The topological polar surface area (TPSA) is 31.2 Å². The van der Waals surface area contributed by atoms with E-state index in [1.165, 1.54) is 0 Å². The third-order valence-electron chi connectivity index (χ3n) is 2.60. The normalized spacial score (nSPS) is 10.6. The van der Waals surface area contributed by atoms with E-state index in [0.29, 0.717) is 17.2 Å². The molecule has 0 aliphatic heterocycles. The molecule has 94 valence electrons. The maximum atomic E-state index is 11.8. The Kier molecular flexibility index (Phi) is 4.18. The second-order valence-corrected chi connectivity index (χ2v) is 4.48. The van der Waals surface area contributed by atoms with Crippen molar-refractivity contribution < 1.29 is 9.53 Å². The van der Waals surface area contributed by atoms with Crippen molar-refractivity contribution in [2.45, 2.75) is 6.61 Å². The Morgan fingerprint density at radius 1 is 1.33 bits per heavy atom. The summed E-state index contributed by atoms with van der Waals surface area (Å²) in [6.07, 6.45) is 3.61. The van der Waals surface area contributed by atoms with Crippen LogP contribution in [0.15, 0.2) is 42.7 Å². The molecule has 2 rings (SSSR count). The van der Waals surface area contributed by atoms with E-state index in [1.54, 1.807) is 18.3 Å². The molecule has 0 bridgehead atoms. The van der Waals surface area contributed by atoms with E-state index in [-0.39, 0.29) is 12.4 Å². The smallest absolute Gasteiger partial charge is 0.189 e. The molecule has 3 nitrogen and oxygen atoms in total. The first-order valence-electron chi connectivity index (χ1n) is 5.63. The second-order valence-electron chi connectivity index (χ2n) is 4.07. The van der Waals surface area contributed by atoms with Gasteiger partial charge in [0, 0.05) is 30.0 Å². The molecular formula is C14H14ClNO2. The van der Waals surface area contributed by atoms with Crippen LogP contribution < -0.4 is 0 Å². The lowest BCUT2D eigenvalue weighted by Gasteiger charge is -2.04. The van der Waals surface area contributed by atoms with Gasteiger partial charge in [-0.25, -0.2) is 0 Å². The van der Waals surface area contributed by atoms with Gasteiger partial charge in [0.2, 0.25) is 0 Å². The number of carbonyl (C=O) groups excluding carboxylic acids is 1. The van der Waals surface area contributed by atoms with Crippen LogP contribution in [-0.2, 0) is 18.4 Å². The molecule has 2 aromatic rings. The molecule has 0 amide bonds. The number of aromatic nitrogens is 1. The summed E-state index contributed by atoms with van der Waals surface area (Å²) in [6.45, 7) is 0.410. The molecule has 0 saturated carbocycles. The monoisotopic (exact) mass is 263 g/mol. The van der Waals surface area contributed by atoms with E-state index in [9.17, 15) is 4.79 Å². The number of halogens is 1. The highest BCUT2D eigenvalue weighted by atomic mass is 35.5. The van der Waals surface area contributed by atoms with Gasteiger partial charge in [0.15, 0.2) is 5.78 Å². The number of hydrogen-bond donors (Lipinski definition) is 0. The first-order valence-corrected chi connectivity index (χ1v) is 6.01. The largest absolute Gasteiger partial charge is 0.369 e. The number of ketones is 1. The summed E-state index contributed by atoms with van der Waals surface area (Å²) in [5, 5.41) is 0.657. The fourth-order valence-corrected chi connectivity index (χ4v) is 1.81. The summed E-state index contributed by atoms with van der Waals surface area (Å²) in [7, 11) is 1.88. The zero-order valence-corrected chi connectivity index (χ0v) is 10.9. The Morgan fingerprint density at radius 3 is 2.78 bits per heavy atom. The number of ether oxygens (including phenoxy) is 1. The van der Waals surface area contributed by atoms with Crippen molar-refractivity contribution in [3.05, 3.63) is 58.9 Å². The Labute approximate surface area is 111 Å². The van der Waals surface area contributed by atoms with Crippen LogP contribution in [0.1, 0.15) is 15.9 Å². The van der Waals surface area contributed by atoms with E-state index >= 15 is 0 Å². The second kappa shape index (κ2) is 5.85. The van der Waals surface area contributed by atoms with Gasteiger partial charge in [-0.3, -0.25) is 4.79 Å². The first-order chi connectivity index (χ1) is 8.66. The summed E-state index contributed by atoms with van der Waals surface area (Å²) in [6, 6.07) is 9.22. The molecule has 0 radical (unpaired) electrons. The molecule has 18 heavy (non-hydrogen) atoms. The highest BCUT2D eigenvalue weighted by Crippen LogP contribution is 2.15. The average molecular weight is 264 g/mol. The fraction of sp³-hybridized carbons (Fsp3) is 0.214. The Balaban J connectivity index is 1.86. The van der Waals surface area contributed by atoms with Gasteiger partial charge in [0.1, 0.15) is 6.61 Å². The molecule has 4 heteroatoms. The summed E-state index contributed by atoms with van der Waals surface area (Å²) >= 11 is 5.99. The number of nitrogens with zero attached hydrogens (tertiary/aromatic N) is 1. The number of Topliss-reactive ketones (excluding diaryl/α,β-unsaturated/α-hetero) is 1. The average Bonchev–Trinajstić information content (AvgIpc) is 2.78. The summed E-state index contributed by atoms with van der Waals surface area (Å²) in [5.41, 5.74) is 1.55. The molecule has 0 aliphatic rings. The third kappa shape index (κ3) is 3.22. The van der Waals surface area contributed by atoms with Crippen molar-refractivity contribution in [2.75, 3.05) is 6.61 Å². The van der Waals surface area contributed by atoms with Gasteiger partial charge >= 0.3 is 0 Å². The fourth-order valence-electron chi connectivity index (χ4n) is 1.62. The lowest BCUT2D eigenvalue weighted by molar-refractivity contribution is 0.0726. The van der Waals surface area contributed by atoms with Crippen molar-refractivity contribution in [1.82, 2.24) is 4.57 Å². The van der Waals surface area contributed by atoms with Crippen molar-refractivity contribution in [2.24, 2.45) is 7.05 Å². The number of carbonyl (C=O) groups is 1. The molecule has 0 fully saturated rings. The number of rotatable bonds is 5. The van der Waals surface area contributed by atoms with Gasteiger partial charge in [-0.15, -0.1) is 0 Å². The molecule has 0 spiro atoms.